The Bertz CT molecular complexity index is 1340. The summed E-state index contributed by atoms with van der Waals surface area (Å²) in [6.45, 7) is 11.2. The van der Waals surface area contributed by atoms with E-state index in [2.05, 4.69) is 29.1 Å². The number of aryl methyl sites for hydroxylation is 2. The van der Waals surface area contributed by atoms with Crippen LogP contribution in [0.25, 0.3) is 0 Å². The largest absolute Gasteiger partial charge is 0.461 e. The van der Waals surface area contributed by atoms with Gasteiger partial charge in [-0.15, -0.1) is 6.58 Å². The van der Waals surface area contributed by atoms with Crippen LogP contribution in [0.5, 0.6) is 0 Å². The van der Waals surface area contributed by atoms with E-state index >= 15 is 0 Å². The number of amides is 2. The first kappa shape index (κ1) is 29.2. The summed E-state index contributed by atoms with van der Waals surface area (Å²) in [6, 6.07) is 13.0. The van der Waals surface area contributed by atoms with Gasteiger partial charge in [0.2, 0.25) is 5.91 Å². The number of carbonyl (C=O) groups excluding carboxylic acids is 3. The molecule has 3 saturated heterocycles. The Morgan fingerprint density at radius 1 is 1.17 bits per heavy atom. The number of rotatable bonds is 10. The number of para-hydroxylation sites is 1. The van der Waals surface area contributed by atoms with Crippen LogP contribution in [-0.2, 0) is 23.9 Å². The number of nitrogens with zero attached hydrogens (tertiary/aromatic N) is 2. The molecule has 3 unspecified atom stereocenters. The number of alkyl halides is 1. The summed E-state index contributed by atoms with van der Waals surface area (Å²) in [5, 5.41) is 10.7. The standard InChI is InChI=1S/C32H35BrN2O6/c1-5-15-34(26-19(3)11-10-12-20(26)4)30(38)28-32-17-22(33)27(41-32)24(31(39)40-16-6-2)25(32)29(37)35(28)23(18-36)21-13-8-7-9-14-21/h5-14,22-25,27-28,36H,1-2,15-18H2,3-4H3/t22?,23-,24-,25+,27-,28?,32?/m1/s1. The van der Waals surface area contributed by atoms with Crippen molar-refractivity contribution in [2.24, 2.45) is 11.8 Å². The number of hydrogen-bond donors (Lipinski definition) is 1. The summed E-state index contributed by atoms with van der Waals surface area (Å²) >= 11 is 3.68. The van der Waals surface area contributed by atoms with Crippen LogP contribution < -0.4 is 4.90 Å². The molecule has 2 aromatic rings. The summed E-state index contributed by atoms with van der Waals surface area (Å²) in [4.78, 5) is 45.6. The molecule has 3 fully saturated rings. The second kappa shape index (κ2) is 11.5. The predicted octanol–water partition coefficient (Wildman–Crippen LogP) is 4.03. The molecule has 9 heteroatoms. The van der Waals surface area contributed by atoms with Crippen molar-refractivity contribution in [1.29, 1.82) is 0 Å². The van der Waals surface area contributed by atoms with Gasteiger partial charge in [-0.2, -0.15) is 0 Å². The number of benzene rings is 2. The van der Waals surface area contributed by atoms with Crippen molar-refractivity contribution in [3.05, 3.63) is 90.5 Å². The molecule has 7 atom stereocenters. The number of ether oxygens (including phenoxy) is 2. The molecule has 216 valence electrons. The van der Waals surface area contributed by atoms with Gasteiger partial charge in [-0.05, 0) is 37.0 Å². The van der Waals surface area contributed by atoms with E-state index in [1.165, 1.54) is 11.0 Å². The molecule has 3 aliphatic heterocycles. The quantitative estimate of drug-likeness (QED) is 0.244. The highest BCUT2D eigenvalue weighted by molar-refractivity contribution is 9.09. The number of aliphatic hydroxyl groups is 1. The van der Waals surface area contributed by atoms with E-state index in [4.69, 9.17) is 9.47 Å². The zero-order valence-corrected chi connectivity index (χ0v) is 24.8. The Kier molecular flexibility index (Phi) is 8.23. The molecule has 2 bridgehead atoms. The number of likely N-dealkylation sites (tertiary alicyclic amines) is 1. The predicted molar refractivity (Wildman–Crippen MR) is 158 cm³/mol. The number of carbonyl (C=O) groups is 3. The summed E-state index contributed by atoms with van der Waals surface area (Å²) < 4.78 is 12.0. The van der Waals surface area contributed by atoms with Crippen LogP contribution in [0.1, 0.15) is 29.2 Å². The summed E-state index contributed by atoms with van der Waals surface area (Å²) in [5.74, 6) is -3.19. The van der Waals surface area contributed by atoms with Gasteiger partial charge >= 0.3 is 5.97 Å². The molecule has 3 aliphatic rings. The first-order chi connectivity index (χ1) is 19.7. The minimum atomic E-state index is -1.30. The Hall–Kier alpha value is -3.27. The second-order valence-corrected chi connectivity index (χ2v) is 12.1. The van der Waals surface area contributed by atoms with Crippen molar-refractivity contribution in [1.82, 2.24) is 4.90 Å². The van der Waals surface area contributed by atoms with Crippen molar-refractivity contribution in [3.8, 4) is 0 Å². The Morgan fingerprint density at radius 2 is 1.85 bits per heavy atom. The first-order valence-electron chi connectivity index (χ1n) is 13.8. The third kappa shape index (κ3) is 4.64. The third-order valence-electron chi connectivity index (χ3n) is 8.56. The van der Waals surface area contributed by atoms with Gasteiger partial charge in [0.05, 0.1) is 30.6 Å². The average Bonchev–Trinajstić information content (AvgIpc) is 3.55. The van der Waals surface area contributed by atoms with Crippen molar-refractivity contribution in [2.45, 2.75) is 48.9 Å². The maximum absolute atomic E-state index is 14.9. The molecule has 2 aromatic carbocycles. The van der Waals surface area contributed by atoms with Crippen LogP contribution in [0.4, 0.5) is 5.69 Å². The number of hydrogen-bond acceptors (Lipinski definition) is 6. The number of halogens is 1. The minimum absolute atomic E-state index is 0.00204. The van der Waals surface area contributed by atoms with Crippen molar-refractivity contribution in [3.63, 3.8) is 0 Å². The lowest BCUT2D eigenvalue weighted by Gasteiger charge is -2.40. The van der Waals surface area contributed by atoms with Crippen LogP contribution >= 0.6 is 15.9 Å². The highest BCUT2D eigenvalue weighted by Crippen LogP contribution is 2.61. The van der Waals surface area contributed by atoms with Gasteiger partial charge in [0, 0.05) is 17.1 Å². The molecule has 0 saturated carbocycles. The lowest BCUT2D eigenvalue weighted by atomic mass is 9.70. The van der Waals surface area contributed by atoms with Crippen LogP contribution in [-0.4, -0.2) is 70.1 Å². The van der Waals surface area contributed by atoms with Crippen LogP contribution in [0.3, 0.4) is 0 Å². The van der Waals surface area contributed by atoms with E-state index in [0.717, 1.165) is 16.8 Å². The molecule has 5 rings (SSSR count). The minimum Gasteiger partial charge on any atom is -0.461 e. The zero-order chi connectivity index (χ0) is 29.5. The van der Waals surface area contributed by atoms with Crippen LogP contribution in [0, 0.1) is 25.7 Å². The fourth-order valence-corrected chi connectivity index (χ4v) is 7.96. The lowest BCUT2D eigenvalue weighted by molar-refractivity contribution is -0.154. The van der Waals surface area contributed by atoms with Gasteiger partial charge in [0.25, 0.3) is 5.91 Å². The molecule has 1 spiro atoms. The smallest absolute Gasteiger partial charge is 0.312 e. The van der Waals surface area contributed by atoms with Crippen molar-refractivity contribution >= 4 is 39.4 Å². The molecule has 0 radical (unpaired) electrons. The monoisotopic (exact) mass is 622 g/mol. The Labute approximate surface area is 248 Å². The Morgan fingerprint density at radius 3 is 2.46 bits per heavy atom. The van der Waals surface area contributed by atoms with Gasteiger partial charge in [-0.3, -0.25) is 14.4 Å². The molecule has 0 aromatic heterocycles. The van der Waals surface area contributed by atoms with Gasteiger partial charge in [0.1, 0.15) is 18.2 Å². The van der Waals surface area contributed by atoms with Gasteiger partial charge < -0.3 is 24.4 Å². The van der Waals surface area contributed by atoms with E-state index in [-0.39, 0.29) is 23.9 Å². The molecule has 1 N–H and O–H groups in total. The number of fused-ring (bicyclic) bond motifs is 1. The third-order valence-corrected chi connectivity index (χ3v) is 9.40. The second-order valence-electron chi connectivity index (χ2n) is 10.9. The highest BCUT2D eigenvalue weighted by atomic mass is 79.9. The maximum atomic E-state index is 14.9. The van der Waals surface area contributed by atoms with E-state index < -0.39 is 54.1 Å². The summed E-state index contributed by atoms with van der Waals surface area (Å²) in [7, 11) is 0. The first-order valence-corrected chi connectivity index (χ1v) is 14.7. The van der Waals surface area contributed by atoms with Crippen LogP contribution in [0.15, 0.2) is 73.8 Å². The summed E-state index contributed by atoms with van der Waals surface area (Å²) in [6.07, 6.45) is 2.82. The van der Waals surface area contributed by atoms with E-state index in [0.29, 0.717) is 12.0 Å². The fraction of sp³-hybridized carbons (Fsp3) is 0.406. The SMILES string of the molecule is C=CCOC(=O)[C@H]1[C@@H]2OC3(CC2Br)C(C(=O)N(CC=C)c2c(C)cccc2C)N([C@H](CO)c2ccccc2)C(=O)[C@H]13. The van der Waals surface area contributed by atoms with Crippen molar-refractivity contribution in [2.75, 3.05) is 24.7 Å². The van der Waals surface area contributed by atoms with Gasteiger partial charge in [-0.1, -0.05) is 83.2 Å². The molecule has 8 nitrogen and oxygen atoms in total. The van der Waals surface area contributed by atoms with E-state index in [1.807, 2.05) is 62.4 Å². The topological polar surface area (TPSA) is 96.4 Å². The number of esters is 1. The fourth-order valence-electron chi connectivity index (χ4n) is 7.02. The molecular formula is C32H35BrN2O6. The average molecular weight is 624 g/mol. The van der Waals surface area contributed by atoms with E-state index in [1.54, 1.807) is 11.0 Å². The number of anilines is 1. The van der Waals surface area contributed by atoms with Crippen LogP contribution in [0.2, 0.25) is 0 Å². The molecular weight excluding hydrogens is 588 g/mol. The number of aliphatic hydroxyl groups excluding tert-OH is 1. The maximum Gasteiger partial charge on any atom is 0.312 e. The zero-order valence-electron chi connectivity index (χ0n) is 23.2. The van der Waals surface area contributed by atoms with E-state index in [9.17, 15) is 19.5 Å². The van der Waals surface area contributed by atoms with Gasteiger partial charge in [0.15, 0.2) is 0 Å². The Balaban J connectivity index is 1.68. The normalized spacial score (nSPS) is 28.7. The van der Waals surface area contributed by atoms with Gasteiger partial charge in [-0.25, -0.2) is 0 Å². The summed E-state index contributed by atoms with van der Waals surface area (Å²) in [5.41, 5.74) is 1.90. The lowest BCUT2D eigenvalue weighted by Crippen LogP contribution is -2.57. The molecule has 3 heterocycles. The molecule has 0 aliphatic carbocycles. The molecule has 41 heavy (non-hydrogen) atoms. The highest BCUT2D eigenvalue weighted by Gasteiger charge is 2.77. The van der Waals surface area contributed by atoms with Crippen molar-refractivity contribution < 1.29 is 29.0 Å². The molecule has 2 amide bonds.